The van der Waals surface area contributed by atoms with Crippen LogP contribution in [0.3, 0.4) is 0 Å². The molecule has 2 aromatic carbocycles. The standard InChI is InChI=1S/C16H15F2NO4S/c1-24(21,22)10-11-2-4-12(5-3-11)15(20)19-13-6-8-14(9-7-13)23-16(17)18/h2-9,16H,10H2,1H3,(H,19,20). The lowest BCUT2D eigenvalue weighted by Crippen LogP contribution is -2.12. The van der Waals surface area contributed by atoms with Crippen LogP contribution < -0.4 is 10.1 Å². The predicted molar refractivity (Wildman–Crippen MR) is 86.0 cm³/mol. The van der Waals surface area contributed by atoms with Gasteiger partial charge in [0.2, 0.25) is 0 Å². The van der Waals surface area contributed by atoms with Gasteiger partial charge in [0.1, 0.15) is 5.75 Å². The number of hydrogen-bond donors (Lipinski definition) is 1. The van der Waals surface area contributed by atoms with E-state index >= 15 is 0 Å². The van der Waals surface area contributed by atoms with Gasteiger partial charge in [-0.25, -0.2) is 8.42 Å². The third kappa shape index (κ3) is 5.62. The van der Waals surface area contributed by atoms with Crippen molar-refractivity contribution in [3.8, 4) is 5.75 Å². The van der Waals surface area contributed by atoms with E-state index in [1.165, 1.54) is 36.4 Å². The highest BCUT2D eigenvalue weighted by Crippen LogP contribution is 2.18. The Kier molecular flexibility index (Phi) is 5.50. The average molecular weight is 355 g/mol. The van der Waals surface area contributed by atoms with Gasteiger partial charge in [-0.05, 0) is 42.0 Å². The molecule has 5 nitrogen and oxygen atoms in total. The summed E-state index contributed by atoms with van der Waals surface area (Å²) in [7, 11) is -3.14. The fraction of sp³-hybridized carbons (Fsp3) is 0.188. The summed E-state index contributed by atoms with van der Waals surface area (Å²) in [5, 5.41) is 2.61. The van der Waals surface area contributed by atoms with Crippen molar-refractivity contribution in [3.63, 3.8) is 0 Å². The third-order valence-corrected chi connectivity index (χ3v) is 3.84. The Hall–Kier alpha value is -2.48. The van der Waals surface area contributed by atoms with Crippen LogP contribution in [0.4, 0.5) is 14.5 Å². The zero-order valence-electron chi connectivity index (χ0n) is 12.7. The summed E-state index contributed by atoms with van der Waals surface area (Å²) in [6.07, 6.45) is 1.13. The van der Waals surface area contributed by atoms with Gasteiger partial charge in [-0.1, -0.05) is 12.1 Å². The van der Waals surface area contributed by atoms with Crippen molar-refractivity contribution >= 4 is 21.4 Å². The summed E-state index contributed by atoms with van der Waals surface area (Å²) in [4.78, 5) is 12.1. The molecule has 2 aromatic rings. The maximum Gasteiger partial charge on any atom is 0.387 e. The van der Waals surface area contributed by atoms with Crippen LogP contribution in [0, 0.1) is 0 Å². The number of carbonyl (C=O) groups excluding carboxylic acids is 1. The summed E-state index contributed by atoms with van der Waals surface area (Å²) in [6.45, 7) is -2.91. The van der Waals surface area contributed by atoms with Crippen molar-refractivity contribution in [2.24, 2.45) is 0 Å². The largest absolute Gasteiger partial charge is 0.435 e. The van der Waals surface area contributed by atoms with Gasteiger partial charge in [-0.15, -0.1) is 0 Å². The maximum atomic E-state index is 12.1. The van der Waals surface area contributed by atoms with E-state index in [1.54, 1.807) is 12.1 Å². The molecule has 0 saturated heterocycles. The molecular weight excluding hydrogens is 340 g/mol. The quantitative estimate of drug-likeness (QED) is 0.864. The van der Waals surface area contributed by atoms with E-state index in [0.717, 1.165) is 6.26 Å². The van der Waals surface area contributed by atoms with Crippen molar-refractivity contribution in [2.45, 2.75) is 12.4 Å². The summed E-state index contributed by atoms with van der Waals surface area (Å²) >= 11 is 0. The van der Waals surface area contributed by atoms with Crippen LogP contribution in [0.25, 0.3) is 0 Å². The molecule has 0 spiro atoms. The molecule has 0 aromatic heterocycles. The summed E-state index contributed by atoms with van der Waals surface area (Å²) in [6, 6.07) is 11.7. The van der Waals surface area contributed by atoms with Gasteiger partial charge in [-0.2, -0.15) is 8.78 Å². The van der Waals surface area contributed by atoms with E-state index < -0.39 is 22.4 Å². The van der Waals surface area contributed by atoms with Gasteiger partial charge in [0.05, 0.1) is 5.75 Å². The van der Waals surface area contributed by atoms with E-state index in [-0.39, 0.29) is 11.5 Å². The van der Waals surface area contributed by atoms with Crippen molar-refractivity contribution in [2.75, 3.05) is 11.6 Å². The first kappa shape index (κ1) is 17.9. The Balaban J connectivity index is 2.01. The number of amides is 1. The molecule has 0 radical (unpaired) electrons. The van der Waals surface area contributed by atoms with Crippen LogP contribution in [0.5, 0.6) is 5.75 Å². The Morgan fingerprint density at radius 1 is 1.08 bits per heavy atom. The van der Waals surface area contributed by atoms with Gasteiger partial charge in [0.15, 0.2) is 9.84 Å². The third-order valence-electron chi connectivity index (χ3n) is 2.98. The lowest BCUT2D eigenvalue weighted by molar-refractivity contribution is -0.0498. The molecule has 1 N–H and O–H groups in total. The molecule has 0 unspecified atom stereocenters. The van der Waals surface area contributed by atoms with Gasteiger partial charge >= 0.3 is 6.61 Å². The minimum Gasteiger partial charge on any atom is -0.435 e. The molecule has 0 heterocycles. The molecule has 0 aliphatic carbocycles. The highest BCUT2D eigenvalue weighted by molar-refractivity contribution is 7.89. The molecule has 0 bridgehead atoms. The second kappa shape index (κ2) is 7.39. The second-order valence-electron chi connectivity index (χ2n) is 5.12. The van der Waals surface area contributed by atoms with Crippen LogP contribution in [0.1, 0.15) is 15.9 Å². The predicted octanol–water partition coefficient (Wildman–Crippen LogP) is 3.08. The van der Waals surface area contributed by atoms with Crippen LogP contribution in [0.15, 0.2) is 48.5 Å². The van der Waals surface area contributed by atoms with E-state index in [4.69, 9.17) is 0 Å². The molecule has 0 fully saturated rings. The fourth-order valence-electron chi connectivity index (χ4n) is 1.98. The highest BCUT2D eigenvalue weighted by Gasteiger charge is 2.09. The van der Waals surface area contributed by atoms with Gasteiger partial charge in [0.25, 0.3) is 5.91 Å². The van der Waals surface area contributed by atoms with Crippen LogP contribution in [-0.4, -0.2) is 27.2 Å². The van der Waals surface area contributed by atoms with Crippen LogP contribution in [-0.2, 0) is 15.6 Å². The Labute approximate surface area is 138 Å². The van der Waals surface area contributed by atoms with Gasteiger partial charge in [-0.3, -0.25) is 4.79 Å². The number of benzene rings is 2. The molecule has 0 atom stereocenters. The lowest BCUT2D eigenvalue weighted by atomic mass is 10.1. The van der Waals surface area contributed by atoms with Crippen LogP contribution >= 0.6 is 0 Å². The summed E-state index contributed by atoms with van der Waals surface area (Å²) < 4.78 is 50.8. The summed E-state index contributed by atoms with van der Waals surface area (Å²) in [5.41, 5.74) is 1.35. The average Bonchev–Trinajstić information content (AvgIpc) is 2.48. The zero-order valence-corrected chi connectivity index (χ0v) is 13.5. The number of halogens is 2. The summed E-state index contributed by atoms with van der Waals surface area (Å²) in [5.74, 6) is -0.503. The molecule has 8 heteroatoms. The van der Waals surface area contributed by atoms with Crippen molar-refractivity contribution in [1.82, 2.24) is 0 Å². The second-order valence-corrected chi connectivity index (χ2v) is 7.26. The SMILES string of the molecule is CS(=O)(=O)Cc1ccc(C(=O)Nc2ccc(OC(F)F)cc2)cc1. The molecule has 2 rings (SSSR count). The first-order valence-electron chi connectivity index (χ1n) is 6.86. The van der Waals surface area contributed by atoms with Crippen LogP contribution in [0.2, 0.25) is 0 Å². The number of rotatable bonds is 6. The molecule has 0 aliphatic heterocycles. The minimum absolute atomic E-state index is 0.00636. The first-order chi connectivity index (χ1) is 11.2. The van der Waals surface area contributed by atoms with E-state index in [0.29, 0.717) is 16.8 Å². The number of carbonyl (C=O) groups is 1. The molecule has 128 valence electrons. The Morgan fingerprint density at radius 3 is 2.17 bits per heavy atom. The number of sulfone groups is 1. The maximum absolute atomic E-state index is 12.1. The highest BCUT2D eigenvalue weighted by atomic mass is 32.2. The number of ether oxygens (including phenoxy) is 1. The van der Waals surface area contributed by atoms with E-state index in [9.17, 15) is 22.0 Å². The molecule has 0 saturated carbocycles. The van der Waals surface area contributed by atoms with Gasteiger partial charge < -0.3 is 10.1 Å². The number of nitrogens with one attached hydrogen (secondary N) is 1. The van der Waals surface area contributed by atoms with E-state index in [2.05, 4.69) is 10.1 Å². The fourth-order valence-corrected chi connectivity index (χ4v) is 2.78. The van der Waals surface area contributed by atoms with Gasteiger partial charge in [0, 0.05) is 17.5 Å². The lowest BCUT2D eigenvalue weighted by Gasteiger charge is -2.08. The molecule has 24 heavy (non-hydrogen) atoms. The van der Waals surface area contributed by atoms with E-state index in [1.807, 2.05) is 0 Å². The number of anilines is 1. The first-order valence-corrected chi connectivity index (χ1v) is 8.92. The zero-order chi connectivity index (χ0) is 17.7. The molecule has 1 amide bonds. The molecular formula is C16H15F2NO4S. The Morgan fingerprint density at radius 2 is 1.67 bits per heavy atom. The van der Waals surface area contributed by atoms with Crippen molar-refractivity contribution in [1.29, 1.82) is 0 Å². The van der Waals surface area contributed by atoms with Crippen molar-refractivity contribution in [3.05, 3.63) is 59.7 Å². The molecule has 0 aliphatic rings. The Bertz CT molecular complexity index is 803. The minimum atomic E-state index is -3.14. The van der Waals surface area contributed by atoms with Crippen molar-refractivity contribution < 1.29 is 26.7 Å². The normalized spacial score (nSPS) is 11.3. The number of hydrogen-bond acceptors (Lipinski definition) is 4. The smallest absolute Gasteiger partial charge is 0.387 e. The topological polar surface area (TPSA) is 72.5 Å². The monoisotopic (exact) mass is 355 g/mol. The number of alkyl halides is 2.